The molecule has 1 aromatic rings. The molecule has 0 aliphatic heterocycles. The molecule has 1 nitrogen and oxygen atoms in total. The summed E-state index contributed by atoms with van der Waals surface area (Å²) in [6.45, 7) is 1.62. The highest BCUT2D eigenvalue weighted by atomic mass is 19.1. The summed E-state index contributed by atoms with van der Waals surface area (Å²) in [5.41, 5.74) is 1.08. The van der Waals surface area contributed by atoms with Gasteiger partial charge in [0.15, 0.2) is 0 Å². The van der Waals surface area contributed by atoms with Crippen LogP contribution in [-0.4, -0.2) is 5.78 Å². The van der Waals surface area contributed by atoms with E-state index in [9.17, 15) is 9.18 Å². The van der Waals surface area contributed by atoms with Gasteiger partial charge in [0.05, 0.1) is 0 Å². The van der Waals surface area contributed by atoms with E-state index < -0.39 is 0 Å². The van der Waals surface area contributed by atoms with Crippen molar-refractivity contribution in [3.8, 4) is 0 Å². The zero-order valence-electron chi connectivity index (χ0n) is 7.46. The van der Waals surface area contributed by atoms with E-state index in [0.29, 0.717) is 5.92 Å². The van der Waals surface area contributed by atoms with Crippen molar-refractivity contribution in [1.29, 1.82) is 0 Å². The average Bonchev–Trinajstić information content (AvgIpc) is 2.85. The predicted molar refractivity (Wildman–Crippen MR) is 47.9 cm³/mol. The topological polar surface area (TPSA) is 17.1 Å². The summed E-state index contributed by atoms with van der Waals surface area (Å²) >= 11 is 0. The Morgan fingerprint density at radius 2 is 2.00 bits per heavy atom. The summed E-state index contributed by atoms with van der Waals surface area (Å²) in [5, 5.41) is 0. The molecule has 1 aliphatic carbocycles. The van der Waals surface area contributed by atoms with E-state index in [1.165, 1.54) is 12.1 Å². The van der Waals surface area contributed by atoms with Crippen LogP contribution >= 0.6 is 0 Å². The monoisotopic (exact) mass is 178 g/mol. The second-order valence-corrected chi connectivity index (χ2v) is 3.61. The van der Waals surface area contributed by atoms with Gasteiger partial charge in [-0.15, -0.1) is 0 Å². The van der Waals surface area contributed by atoms with Gasteiger partial charge in [-0.25, -0.2) is 4.39 Å². The number of rotatable bonds is 2. The number of carbonyl (C=O) groups is 1. The van der Waals surface area contributed by atoms with Crippen LogP contribution in [-0.2, 0) is 4.79 Å². The molecule has 0 radical (unpaired) electrons. The van der Waals surface area contributed by atoms with Crippen molar-refractivity contribution < 1.29 is 9.18 Å². The number of hydrogen-bond donors (Lipinski definition) is 0. The first-order valence-electron chi connectivity index (χ1n) is 4.44. The van der Waals surface area contributed by atoms with Gasteiger partial charge in [0.25, 0.3) is 0 Å². The van der Waals surface area contributed by atoms with Crippen LogP contribution in [0.5, 0.6) is 0 Å². The molecule has 0 saturated heterocycles. The Hall–Kier alpha value is -1.18. The standard InChI is InChI=1S/C11H11FO/c1-7(13)10-6-11(10)8-2-4-9(12)5-3-8/h2-5,10-11H,6H2,1H3/t10-,11+/m0/s1. The highest BCUT2D eigenvalue weighted by Gasteiger charge is 2.41. The van der Waals surface area contributed by atoms with Gasteiger partial charge >= 0.3 is 0 Å². The Labute approximate surface area is 76.6 Å². The van der Waals surface area contributed by atoms with E-state index in [1.807, 2.05) is 0 Å². The van der Waals surface area contributed by atoms with Gasteiger partial charge in [-0.3, -0.25) is 4.79 Å². The Morgan fingerprint density at radius 3 is 2.46 bits per heavy atom. The lowest BCUT2D eigenvalue weighted by atomic mass is 10.1. The van der Waals surface area contributed by atoms with Crippen LogP contribution in [0.4, 0.5) is 4.39 Å². The Balaban J connectivity index is 2.12. The summed E-state index contributed by atoms with van der Waals surface area (Å²) in [4.78, 5) is 11.0. The van der Waals surface area contributed by atoms with Crippen LogP contribution in [0.2, 0.25) is 0 Å². The SMILES string of the molecule is CC(=O)[C@@H]1C[C@@H]1c1ccc(F)cc1. The molecular weight excluding hydrogens is 167 g/mol. The first-order chi connectivity index (χ1) is 6.18. The van der Waals surface area contributed by atoms with Crippen molar-refractivity contribution >= 4 is 5.78 Å². The first kappa shape index (κ1) is 8.42. The summed E-state index contributed by atoms with van der Waals surface area (Å²) in [6.07, 6.45) is 0.932. The van der Waals surface area contributed by atoms with Crippen molar-refractivity contribution in [2.75, 3.05) is 0 Å². The maximum absolute atomic E-state index is 12.6. The summed E-state index contributed by atoms with van der Waals surface area (Å²) < 4.78 is 12.6. The van der Waals surface area contributed by atoms with Crippen molar-refractivity contribution in [1.82, 2.24) is 0 Å². The lowest BCUT2D eigenvalue weighted by Crippen LogP contribution is -1.94. The molecule has 0 unspecified atom stereocenters. The minimum absolute atomic E-state index is 0.186. The number of benzene rings is 1. The quantitative estimate of drug-likeness (QED) is 0.680. The van der Waals surface area contributed by atoms with Gasteiger partial charge in [0, 0.05) is 5.92 Å². The molecule has 13 heavy (non-hydrogen) atoms. The van der Waals surface area contributed by atoms with Crippen molar-refractivity contribution in [3.63, 3.8) is 0 Å². The Morgan fingerprint density at radius 1 is 1.38 bits per heavy atom. The molecular formula is C11H11FO. The van der Waals surface area contributed by atoms with E-state index in [4.69, 9.17) is 0 Å². The van der Waals surface area contributed by atoms with Gasteiger partial charge in [0.2, 0.25) is 0 Å². The Kier molecular flexibility index (Phi) is 1.91. The molecule has 0 aromatic heterocycles. The maximum atomic E-state index is 12.6. The fraction of sp³-hybridized carbons (Fsp3) is 0.364. The highest BCUT2D eigenvalue weighted by molar-refractivity contribution is 5.82. The molecule has 68 valence electrons. The van der Waals surface area contributed by atoms with Crippen LogP contribution in [0.15, 0.2) is 24.3 Å². The normalized spacial score (nSPS) is 25.7. The highest BCUT2D eigenvalue weighted by Crippen LogP contribution is 2.47. The molecule has 0 amide bonds. The molecule has 0 N–H and O–H groups in total. The molecule has 2 atom stereocenters. The molecule has 0 spiro atoms. The third-order valence-corrected chi connectivity index (χ3v) is 2.61. The third-order valence-electron chi connectivity index (χ3n) is 2.61. The zero-order chi connectivity index (χ0) is 9.42. The van der Waals surface area contributed by atoms with Crippen LogP contribution < -0.4 is 0 Å². The van der Waals surface area contributed by atoms with Gasteiger partial charge in [-0.05, 0) is 37.0 Å². The molecule has 1 saturated carbocycles. The zero-order valence-corrected chi connectivity index (χ0v) is 7.46. The van der Waals surface area contributed by atoms with Crippen LogP contribution in [0, 0.1) is 11.7 Å². The van der Waals surface area contributed by atoms with Crippen molar-refractivity contribution in [2.45, 2.75) is 19.3 Å². The maximum Gasteiger partial charge on any atom is 0.133 e. The number of carbonyl (C=O) groups excluding carboxylic acids is 1. The largest absolute Gasteiger partial charge is 0.300 e. The average molecular weight is 178 g/mol. The number of halogens is 1. The van der Waals surface area contributed by atoms with Crippen LogP contribution in [0.25, 0.3) is 0 Å². The Bertz CT molecular complexity index is 328. The minimum Gasteiger partial charge on any atom is -0.300 e. The fourth-order valence-corrected chi connectivity index (χ4v) is 1.72. The third kappa shape index (κ3) is 1.62. The van der Waals surface area contributed by atoms with Crippen LogP contribution in [0.3, 0.4) is 0 Å². The number of Topliss-reactive ketones (excluding diaryl/α,β-unsaturated/α-hetero) is 1. The van der Waals surface area contributed by atoms with E-state index in [-0.39, 0.29) is 17.5 Å². The minimum atomic E-state index is -0.219. The van der Waals surface area contributed by atoms with Gasteiger partial charge < -0.3 is 0 Å². The molecule has 2 rings (SSSR count). The number of ketones is 1. The molecule has 1 aromatic carbocycles. The van der Waals surface area contributed by atoms with Crippen molar-refractivity contribution in [3.05, 3.63) is 35.6 Å². The van der Waals surface area contributed by atoms with Gasteiger partial charge in [-0.1, -0.05) is 12.1 Å². The summed E-state index contributed by atoms with van der Waals surface area (Å²) in [5.74, 6) is 0.557. The summed E-state index contributed by atoms with van der Waals surface area (Å²) in [7, 11) is 0. The number of hydrogen-bond acceptors (Lipinski definition) is 1. The molecule has 1 aliphatic rings. The second kappa shape index (κ2) is 2.95. The van der Waals surface area contributed by atoms with Gasteiger partial charge in [0.1, 0.15) is 11.6 Å². The lowest BCUT2D eigenvalue weighted by molar-refractivity contribution is -0.118. The molecule has 2 heteroatoms. The first-order valence-corrected chi connectivity index (χ1v) is 4.44. The molecule has 0 bridgehead atoms. The predicted octanol–water partition coefficient (Wildman–Crippen LogP) is 2.52. The molecule has 1 fully saturated rings. The molecule has 0 heterocycles. The van der Waals surface area contributed by atoms with Gasteiger partial charge in [-0.2, -0.15) is 0 Å². The van der Waals surface area contributed by atoms with Crippen LogP contribution in [0.1, 0.15) is 24.8 Å². The lowest BCUT2D eigenvalue weighted by Gasteiger charge is -1.97. The van der Waals surface area contributed by atoms with E-state index in [1.54, 1.807) is 19.1 Å². The van der Waals surface area contributed by atoms with E-state index in [2.05, 4.69) is 0 Å². The second-order valence-electron chi connectivity index (χ2n) is 3.61. The fourth-order valence-electron chi connectivity index (χ4n) is 1.72. The smallest absolute Gasteiger partial charge is 0.133 e. The summed E-state index contributed by atoms with van der Waals surface area (Å²) in [6, 6.07) is 6.43. The van der Waals surface area contributed by atoms with E-state index >= 15 is 0 Å². The van der Waals surface area contributed by atoms with E-state index in [0.717, 1.165) is 12.0 Å². The van der Waals surface area contributed by atoms with Crippen molar-refractivity contribution in [2.24, 2.45) is 5.92 Å².